The van der Waals surface area contributed by atoms with Crippen molar-refractivity contribution in [3.05, 3.63) is 64.5 Å². The number of nitrogens with zero attached hydrogens (tertiary/aromatic N) is 2. The Kier molecular flexibility index (Phi) is 7.48. The molecule has 0 N–H and O–H groups in total. The molecule has 2 aliphatic rings. The zero-order chi connectivity index (χ0) is 25.1. The first kappa shape index (κ1) is 24.7. The van der Waals surface area contributed by atoms with Crippen LogP contribution in [0.2, 0.25) is 0 Å². The van der Waals surface area contributed by atoms with Crippen molar-refractivity contribution in [1.29, 1.82) is 0 Å². The quantitative estimate of drug-likeness (QED) is 0.443. The van der Waals surface area contributed by atoms with Crippen LogP contribution >= 0.6 is 11.3 Å². The van der Waals surface area contributed by atoms with Gasteiger partial charge >= 0.3 is 0 Å². The van der Waals surface area contributed by atoms with Gasteiger partial charge in [-0.1, -0.05) is 6.07 Å². The lowest BCUT2D eigenvalue weighted by atomic mass is 9.99. The maximum absolute atomic E-state index is 13.4. The maximum Gasteiger partial charge on any atom is 0.254 e. The Labute approximate surface area is 217 Å². The first-order chi connectivity index (χ1) is 17.5. The highest BCUT2D eigenvalue weighted by Gasteiger charge is 2.26. The Hall–Kier alpha value is -3.03. The second-order valence-electron chi connectivity index (χ2n) is 9.76. The lowest BCUT2D eigenvalue weighted by Crippen LogP contribution is -2.34. The van der Waals surface area contributed by atoms with Crippen LogP contribution in [-0.2, 0) is 6.54 Å². The molecular formula is C29H34N2O4S. The van der Waals surface area contributed by atoms with Crippen LogP contribution in [0, 0.1) is 12.8 Å². The first-order valence-electron chi connectivity index (χ1n) is 12.6. The highest BCUT2D eigenvalue weighted by atomic mass is 32.1. The lowest BCUT2D eigenvalue weighted by Gasteiger charge is -2.29. The number of hydrogen-bond donors (Lipinski definition) is 0. The summed E-state index contributed by atoms with van der Waals surface area (Å²) in [6, 6.07) is 15.9. The van der Waals surface area contributed by atoms with E-state index in [0.29, 0.717) is 43.5 Å². The summed E-state index contributed by atoms with van der Waals surface area (Å²) in [5.41, 5.74) is 2.69. The number of carbonyl (C=O) groups excluding carboxylic acids is 1. The average Bonchev–Trinajstić information content (AvgIpc) is 3.21. The van der Waals surface area contributed by atoms with E-state index in [4.69, 9.17) is 14.2 Å². The summed E-state index contributed by atoms with van der Waals surface area (Å²) >= 11 is 1.76. The molecule has 0 spiro atoms. The van der Waals surface area contributed by atoms with Crippen molar-refractivity contribution in [2.45, 2.75) is 26.3 Å². The standard InChI is InChI=1S/C29H34N2O4S/c1-20-9-10-27(36-20)23-14-24-18-31(29(32)22-7-4-8-25(15-22)33-3)12-13-34-28(24)26(16-23)35-19-21-6-5-11-30(2)17-21/h4,7-10,14-16,21H,5-6,11-13,17-19H2,1-3H3. The van der Waals surface area contributed by atoms with Gasteiger partial charge in [0.2, 0.25) is 0 Å². The molecule has 36 heavy (non-hydrogen) atoms. The summed E-state index contributed by atoms with van der Waals surface area (Å²) in [6.07, 6.45) is 2.38. The van der Waals surface area contributed by atoms with Crippen LogP contribution in [-0.4, -0.2) is 62.7 Å². The summed E-state index contributed by atoms with van der Waals surface area (Å²) in [5, 5.41) is 0. The number of methoxy groups -OCH3 is 1. The van der Waals surface area contributed by atoms with Gasteiger partial charge in [-0.2, -0.15) is 0 Å². The van der Waals surface area contributed by atoms with Crippen LogP contribution in [0.15, 0.2) is 48.5 Å². The van der Waals surface area contributed by atoms with Gasteiger partial charge in [0.1, 0.15) is 12.4 Å². The molecule has 3 aromatic rings. The zero-order valence-electron chi connectivity index (χ0n) is 21.3. The van der Waals surface area contributed by atoms with E-state index in [1.807, 2.05) is 23.1 Å². The number of fused-ring (bicyclic) bond motifs is 1. The fraction of sp³-hybridized carbons (Fsp3) is 0.414. The van der Waals surface area contributed by atoms with E-state index in [-0.39, 0.29) is 5.91 Å². The molecule has 190 valence electrons. The minimum absolute atomic E-state index is 0.0320. The Morgan fingerprint density at radius 2 is 2.06 bits per heavy atom. The van der Waals surface area contributed by atoms with Gasteiger partial charge in [-0.3, -0.25) is 4.79 Å². The van der Waals surface area contributed by atoms with Crippen molar-refractivity contribution in [3.63, 3.8) is 0 Å². The molecule has 2 aromatic carbocycles. The van der Waals surface area contributed by atoms with E-state index in [1.165, 1.54) is 22.6 Å². The SMILES string of the molecule is COc1cccc(C(=O)N2CCOc3c(cc(-c4ccc(C)s4)cc3OCC3CCCN(C)C3)C2)c1. The van der Waals surface area contributed by atoms with Crippen LogP contribution in [0.1, 0.15) is 33.6 Å². The summed E-state index contributed by atoms with van der Waals surface area (Å²) in [6.45, 7) is 6.38. The minimum Gasteiger partial charge on any atom is -0.497 e. The van der Waals surface area contributed by atoms with Gasteiger partial charge in [0.05, 0.1) is 20.3 Å². The monoisotopic (exact) mass is 506 g/mol. The third kappa shape index (κ3) is 5.52. The van der Waals surface area contributed by atoms with E-state index >= 15 is 0 Å². The number of piperidine rings is 1. The maximum atomic E-state index is 13.4. The highest BCUT2D eigenvalue weighted by molar-refractivity contribution is 7.15. The molecule has 1 unspecified atom stereocenters. The molecule has 0 radical (unpaired) electrons. The van der Waals surface area contributed by atoms with Gasteiger partial charge in [-0.05, 0) is 81.4 Å². The number of amides is 1. The molecule has 6 nitrogen and oxygen atoms in total. The Morgan fingerprint density at radius 3 is 2.83 bits per heavy atom. The molecule has 0 bridgehead atoms. The van der Waals surface area contributed by atoms with E-state index in [2.05, 4.69) is 43.1 Å². The molecule has 0 saturated carbocycles. The van der Waals surface area contributed by atoms with Crippen molar-refractivity contribution in [3.8, 4) is 27.7 Å². The van der Waals surface area contributed by atoms with Crippen LogP contribution in [0.3, 0.4) is 0 Å². The average molecular weight is 507 g/mol. The van der Waals surface area contributed by atoms with Crippen molar-refractivity contribution in [2.75, 3.05) is 47.0 Å². The predicted octanol–water partition coefficient (Wildman–Crippen LogP) is 5.49. The Balaban J connectivity index is 1.45. The second kappa shape index (κ2) is 10.9. The third-order valence-electron chi connectivity index (χ3n) is 6.93. The van der Waals surface area contributed by atoms with E-state index in [0.717, 1.165) is 35.7 Å². The van der Waals surface area contributed by atoms with Gasteiger partial charge in [0.15, 0.2) is 11.5 Å². The topological polar surface area (TPSA) is 51.2 Å². The van der Waals surface area contributed by atoms with E-state index in [9.17, 15) is 4.79 Å². The molecule has 1 fully saturated rings. The fourth-order valence-electron chi connectivity index (χ4n) is 5.05. The number of benzene rings is 2. The van der Waals surface area contributed by atoms with Gasteiger partial charge < -0.3 is 24.0 Å². The van der Waals surface area contributed by atoms with Crippen molar-refractivity contribution < 1.29 is 19.0 Å². The van der Waals surface area contributed by atoms with Gasteiger partial charge in [-0.25, -0.2) is 0 Å². The lowest BCUT2D eigenvalue weighted by molar-refractivity contribution is 0.0732. The minimum atomic E-state index is -0.0320. The molecule has 1 atom stereocenters. The molecule has 5 rings (SSSR count). The van der Waals surface area contributed by atoms with Crippen LogP contribution in [0.5, 0.6) is 17.2 Å². The van der Waals surface area contributed by atoms with Gasteiger partial charge in [0, 0.05) is 39.9 Å². The fourth-order valence-corrected chi connectivity index (χ4v) is 5.91. The van der Waals surface area contributed by atoms with Crippen LogP contribution in [0.25, 0.3) is 10.4 Å². The molecular weight excluding hydrogens is 472 g/mol. The van der Waals surface area contributed by atoms with Crippen LogP contribution in [0.4, 0.5) is 0 Å². The number of aryl methyl sites for hydroxylation is 1. The number of carbonyl (C=O) groups is 1. The second-order valence-corrected chi connectivity index (χ2v) is 11.0. The number of ether oxygens (including phenoxy) is 3. The molecule has 1 amide bonds. The van der Waals surface area contributed by atoms with Crippen molar-refractivity contribution in [2.24, 2.45) is 5.92 Å². The molecule has 1 saturated heterocycles. The molecule has 7 heteroatoms. The van der Waals surface area contributed by atoms with Gasteiger partial charge in [-0.15, -0.1) is 11.3 Å². The highest BCUT2D eigenvalue weighted by Crippen LogP contribution is 2.41. The predicted molar refractivity (Wildman–Crippen MR) is 143 cm³/mol. The third-order valence-corrected chi connectivity index (χ3v) is 7.98. The van der Waals surface area contributed by atoms with Gasteiger partial charge in [0.25, 0.3) is 5.91 Å². The molecule has 3 heterocycles. The largest absolute Gasteiger partial charge is 0.497 e. The Morgan fingerprint density at radius 1 is 1.17 bits per heavy atom. The number of likely N-dealkylation sites (tertiary alicyclic amines) is 1. The number of thiophene rings is 1. The smallest absolute Gasteiger partial charge is 0.254 e. The summed E-state index contributed by atoms with van der Waals surface area (Å²) in [5.74, 6) is 2.68. The molecule has 0 aliphatic carbocycles. The van der Waals surface area contributed by atoms with Crippen molar-refractivity contribution >= 4 is 17.2 Å². The van der Waals surface area contributed by atoms with E-state index < -0.39 is 0 Å². The Bertz CT molecular complexity index is 1220. The molecule has 1 aromatic heterocycles. The molecule has 2 aliphatic heterocycles. The van der Waals surface area contributed by atoms with Crippen LogP contribution < -0.4 is 14.2 Å². The summed E-state index contributed by atoms with van der Waals surface area (Å²) in [4.78, 5) is 20.1. The normalized spacial score (nSPS) is 18.2. The summed E-state index contributed by atoms with van der Waals surface area (Å²) < 4.78 is 18.0. The first-order valence-corrected chi connectivity index (χ1v) is 13.4. The number of rotatable bonds is 6. The zero-order valence-corrected chi connectivity index (χ0v) is 22.1. The number of hydrogen-bond acceptors (Lipinski definition) is 6. The van der Waals surface area contributed by atoms with E-state index in [1.54, 1.807) is 24.5 Å². The van der Waals surface area contributed by atoms with Crippen molar-refractivity contribution in [1.82, 2.24) is 9.80 Å². The summed E-state index contributed by atoms with van der Waals surface area (Å²) in [7, 11) is 3.79.